The monoisotopic (exact) mass is 205 g/mol. The van der Waals surface area contributed by atoms with Crippen molar-refractivity contribution in [2.45, 2.75) is 19.9 Å². The van der Waals surface area contributed by atoms with Gasteiger partial charge in [0.2, 0.25) is 0 Å². The predicted octanol–water partition coefficient (Wildman–Crippen LogP) is 1.25. The molecule has 0 bridgehead atoms. The van der Waals surface area contributed by atoms with Gasteiger partial charge in [-0.3, -0.25) is 9.88 Å². The van der Waals surface area contributed by atoms with E-state index in [1.54, 1.807) is 0 Å². The third kappa shape index (κ3) is 2.55. The van der Waals surface area contributed by atoms with E-state index in [0.717, 1.165) is 31.9 Å². The lowest BCUT2D eigenvalue weighted by molar-refractivity contribution is 0.272. The van der Waals surface area contributed by atoms with Crippen molar-refractivity contribution in [2.75, 3.05) is 19.6 Å². The molecule has 1 aliphatic heterocycles. The van der Waals surface area contributed by atoms with Crippen molar-refractivity contribution in [1.82, 2.24) is 9.88 Å². The standard InChI is InChI=1S/C12H19N3/c1-12(9-13)5-7-15(10-12)8-11-4-2-3-6-14-11/h2-4,6H,5,7-10,13H2,1H3. The second-order valence-corrected chi connectivity index (χ2v) is 4.80. The van der Waals surface area contributed by atoms with Gasteiger partial charge in [0.1, 0.15) is 0 Å². The number of likely N-dealkylation sites (tertiary alicyclic amines) is 1. The zero-order valence-corrected chi connectivity index (χ0v) is 9.32. The minimum Gasteiger partial charge on any atom is -0.330 e. The third-order valence-electron chi connectivity index (χ3n) is 3.24. The van der Waals surface area contributed by atoms with Crippen LogP contribution in [0.4, 0.5) is 0 Å². The van der Waals surface area contributed by atoms with Gasteiger partial charge in [0.25, 0.3) is 0 Å². The first-order chi connectivity index (χ1) is 7.22. The molecule has 2 rings (SSSR count). The maximum atomic E-state index is 5.78. The van der Waals surface area contributed by atoms with Gasteiger partial charge in [-0.25, -0.2) is 0 Å². The van der Waals surface area contributed by atoms with Gasteiger partial charge >= 0.3 is 0 Å². The molecule has 1 aliphatic rings. The molecule has 0 amide bonds. The van der Waals surface area contributed by atoms with Gasteiger partial charge in [0.05, 0.1) is 5.69 Å². The first kappa shape index (κ1) is 10.6. The Morgan fingerprint density at radius 3 is 3.00 bits per heavy atom. The van der Waals surface area contributed by atoms with E-state index in [-0.39, 0.29) is 0 Å². The van der Waals surface area contributed by atoms with Gasteiger partial charge in [-0.1, -0.05) is 13.0 Å². The number of nitrogens with zero attached hydrogens (tertiary/aromatic N) is 2. The van der Waals surface area contributed by atoms with Gasteiger partial charge in [-0.15, -0.1) is 0 Å². The minimum absolute atomic E-state index is 0.314. The molecule has 15 heavy (non-hydrogen) atoms. The molecular weight excluding hydrogens is 186 g/mol. The molecular formula is C12H19N3. The fraction of sp³-hybridized carbons (Fsp3) is 0.583. The van der Waals surface area contributed by atoms with Crippen LogP contribution in [-0.2, 0) is 6.54 Å². The lowest BCUT2D eigenvalue weighted by Gasteiger charge is -2.22. The molecule has 1 saturated heterocycles. The van der Waals surface area contributed by atoms with Crippen molar-refractivity contribution in [1.29, 1.82) is 0 Å². The van der Waals surface area contributed by atoms with Crippen molar-refractivity contribution < 1.29 is 0 Å². The molecule has 1 aromatic rings. The minimum atomic E-state index is 0.314. The summed E-state index contributed by atoms with van der Waals surface area (Å²) in [4.78, 5) is 6.78. The SMILES string of the molecule is CC1(CN)CCN(Cc2ccccn2)C1. The molecule has 3 heteroatoms. The second-order valence-electron chi connectivity index (χ2n) is 4.80. The smallest absolute Gasteiger partial charge is 0.0543 e. The Morgan fingerprint density at radius 1 is 1.53 bits per heavy atom. The van der Waals surface area contributed by atoms with E-state index in [2.05, 4.69) is 22.9 Å². The van der Waals surface area contributed by atoms with Crippen LogP contribution in [0, 0.1) is 5.41 Å². The van der Waals surface area contributed by atoms with Crippen LogP contribution in [0.5, 0.6) is 0 Å². The van der Waals surface area contributed by atoms with Gasteiger partial charge < -0.3 is 5.73 Å². The summed E-state index contributed by atoms with van der Waals surface area (Å²) in [6, 6.07) is 6.08. The summed E-state index contributed by atoms with van der Waals surface area (Å²) in [7, 11) is 0. The Bertz CT molecular complexity index is 312. The molecule has 1 atom stereocenters. The topological polar surface area (TPSA) is 42.1 Å². The fourth-order valence-electron chi connectivity index (χ4n) is 2.15. The van der Waals surface area contributed by atoms with E-state index in [9.17, 15) is 0 Å². The van der Waals surface area contributed by atoms with Crippen molar-refractivity contribution in [3.8, 4) is 0 Å². The van der Waals surface area contributed by atoms with E-state index >= 15 is 0 Å². The van der Waals surface area contributed by atoms with Crippen LogP contribution in [-0.4, -0.2) is 29.5 Å². The molecule has 2 heterocycles. The first-order valence-corrected chi connectivity index (χ1v) is 5.54. The lowest BCUT2D eigenvalue weighted by atomic mass is 9.90. The van der Waals surface area contributed by atoms with E-state index in [4.69, 9.17) is 5.73 Å². The molecule has 2 N–H and O–H groups in total. The highest BCUT2D eigenvalue weighted by atomic mass is 15.2. The normalized spacial score (nSPS) is 27.1. The number of pyridine rings is 1. The Balaban J connectivity index is 1.93. The molecule has 3 nitrogen and oxygen atoms in total. The van der Waals surface area contributed by atoms with Crippen LogP contribution >= 0.6 is 0 Å². The molecule has 0 aromatic carbocycles. The summed E-state index contributed by atoms with van der Waals surface area (Å²) in [5.74, 6) is 0. The zero-order chi connectivity index (χ0) is 10.7. The number of rotatable bonds is 3. The molecule has 1 aromatic heterocycles. The number of nitrogens with two attached hydrogens (primary N) is 1. The molecule has 0 spiro atoms. The Labute approximate surface area is 91.3 Å². The maximum Gasteiger partial charge on any atom is 0.0543 e. The Kier molecular flexibility index (Phi) is 3.03. The highest BCUT2D eigenvalue weighted by Crippen LogP contribution is 2.29. The van der Waals surface area contributed by atoms with Gasteiger partial charge in [-0.05, 0) is 37.1 Å². The highest BCUT2D eigenvalue weighted by molar-refractivity contribution is 5.04. The molecule has 82 valence electrons. The van der Waals surface area contributed by atoms with Crippen molar-refractivity contribution in [3.05, 3.63) is 30.1 Å². The summed E-state index contributed by atoms with van der Waals surface area (Å²) >= 11 is 0. The highest BCUT2D eigenvalue weighted by Gasteiger charge is 2.32. The summed E-state index contributed by atoms with van der Waals surface area (Å²) in [5, 5.41) is 0. The summed E-state index contributed by atoms with van der Waals surface area (Å²) < 4.78 is 0. The summed E-state index contributed by atoms with van der Waals surface area (Å²) in [5.41, 5.74) is 7.25. The molecule has 0 radical (unpaired) electrons. The van der Waals surface area contributed by atoms with Crippen molar-refractivity contribution >= 4 is 0 Å². The average Bonchev–Trinajstić information content (AvgIpc) is 2.63. The van der Waals surface area contributed by atoms with Crippen LogP contribution < -0.4 is 5.73 Å². The van der Waals surface area contributed by atoms with E-state index in [0.29, 0.717) is 5.41 Å². The summed E-state index contributed by atoms with van der Waals surface area (Å²) in [6.07, 6.45) is 3.06. The quantitative estimate of drug-likeness (QED) is 0.807. The first-order valence-electron chi connectivity index (χ1n) is 5.54. The van der Waals surface area contributed by atoms with Crippen LogP contribution in [0.25, 0.3) is 0 Å². The molecule has 0 aliphatic carbocycles. The van der Waals surface area contributed by atoms with E-state index in [1.165, 1.54) is 6.42 Å². The second kappa shape index (κ2) is 4.29. The predicted molar refractivity (Wildman–Crippen MR) is 61.3 cm³/mol. The Morgan fingerprint density at radius 2 is 2.40 bits per heavy atom. The van der Waals surface area contributed by atoms with Crippen molar-refractivity contribution in [3.63, 3.8) is 0 Å². The average molecular weight is 205 g/mol. The van der Waals surface area contributed by atoms with Crippen LogP contribution in [0.2, 0.25) is 0 Å². The maximum absolute atomic E-state index is 5.78. The largest absolute Gasteiger partial charge is 0.330 e. The van der Waals surface area contributed by atoms with Crippen LogP contribution in [0.15, 0.2) is 24.4 Å². The molecule has 1 unspecified atom stereocenters. The van der Waals surface area contributed by atoms with Gasteiger partial charge in [0.15, 0.2) is 0 Å². The molecule has 1 fully saturated rings. The zero-order valence-electron chi connectivity index (χ0n) is 9.32. The van der Waals surface area contributed by atoms with Gasteiger partial charge in [-0.2, -0.15) is 0 Å². The third-order valence-corrected chi connectivity index (χ3v) is 3.24. The van der Waals surface area contributed by atoms with Crippen LogP contribution in [0.3, 0.4) is 0 Å². The van der Waals surface area contributed by atoms with Crippen LogP contribution in [0.1, 0.15) is 19.0 Å². The van der Waals surface area contributed by atoms with Gasteiger partial charge in [0, 0.05) is 19.3 Å². The number of aromatic nitrogens is 1. The van der Waals surface area contributed by atoms with Crippen molar-refractivity contribution in [2.24, 2.45) is 11.1 Å². The number of hydrogen-bond donors (Lipinski definition) is 1. The molecule has 0 saturated carbocycles. The number of hydrogen-bond acceptors (Lipinski definition) is 3. The Hall–Kier alpha value is -0.930. The summed E-state index contributed by atoms with van der Waals surface area (Å²) in [6.45, 7) is 6.25. The fourth-order valence-corrected chi connectivity index (χ4v) is 2.15. The lowest BCUT2D eigenvalue weighted by Crippen LogP contribution is -2.31. The van der Waals surface area contributed by atoms with E-state index < -0.39 is 0 Å². The van der Waals surface area contributed by atoms with E-state index in [1.807, 2.05) is 18.3 Å².